The molecule has 0 aliphatic rings. The summed E-state index contributed by atoms with van der Waals surface area (Å²) in [5, 5.41) is 11.4. The van der Waals surface area contributed by atoms with Crippen LogP contribution in [0.1, 0.15) is 21.6 Å². The Morgan fingerprint density at radius 1 is 1.11 bits per heavy atom. The second kappa shape index (κ2) is 7.92. The van der Waals surface area contributed by atoms with E-state index in [1.165, 1.54) is 23.5 Å². The van der Waals surface area contributed by atoms with Crippen LogP contribution in [0.15, 0.2) is 46.7 Å². The molecule has 138 valence electrons. The van der Waals surface area contributed by atoms with Crippen molar-refractivity contribution in [3.63, 3.8) is 0 Å². The molecule has 0 saturated carbocycles. The molecule has 2 amide bonds. The van der Waals surface area contributed by atoms with Gasteiger partial charge in [-0.05, 0) is 43.2 Å². The smallest absolute Gasteiger partial charge is 0.276 e. The average Bonchev–Trinajstić information content (AvgIpc) is 3.13. The summed E-state index contributed by atoms with van der Waals surface area (Å²) in [4.78, 5) is 40.3. The van der Waals surface area contributed by atoms with Crippen molar-refractivity contribution in [2.24, 2.45) is 0 Å². The fraction of sp³-hybridized carbons (Fsp3) is 0.167. The number of aromatic nitrogens is 3. The van der Waals surface area contributed by atoms with Crippen LogP contribution < -0.4 is 16.2 Å². The van der Waals surface area contributed by atoms with Gasteiger partial charge in [-0.2, -0.15) is 5.10 Å². The van der Waals surface area contributed by atoms with Gasteiger partial charge in [0.05, 0.1) is 0 Å². The Kier molecular flexibility index (Phi) is 5.41. The Morgan fingerprint density at radius 3 is 2.63 bits per heavy atom. The number of nitrogens with zero attached hydrogens (tertiary/aromatic N) is 3. The monoisotopic (exact) mass is 383 g/mol. The third-order valence-corrected chi connectivity index (χ3v) is 4.52. The number of aryl methyl sites for hydroxylation is 2. The number of nitrogens with one attached hydrogen (secondary N) is 2. The molecule has 0 unspecified atom stereocenters. The molecule has 3 rings (SSSR count). The third-order valence-electron chi connectivity index (χ3n) is 3.84. The van der Waals surface area contributed by atoms with Gasteiger partial charge in [0.2, 0.25) is 5.91 Å². The van der Waals surface area contributed by atoms with Crippen LogP contribution in [-0.4, -0.2) is 26.6 Å². The lowest BCUT2D eigenvalue weighted by Gasteiger charge is -2.09. The summed E-state index contributed by atoms with van der Waals surface area (Å²) in [5.74, 6) is -0.918. The van der Waals surface area contributed by atoms with Crippen molar-refractivity contribution in [1.29, 1.82) is 0 Å². The van der Waals surface area contributed by atoms with Gasteiger partial charge < -0.3 is 10.6 Å². The molecule has 0 spiro atoms. The maximum absolute atomic E-state index is 12.4. The Hall–Kier alpha value is -3.33. The zero-order chi connectivity index (χ0) is 19.4. The minimum absolute atomic E-state index is 0.0369. The average molecular weight is 383 g/mol. The Morgan fingerprint density at radius 2 is 1.93 bits per heavy atom. The van der Waals surface area contributed by atoms with Crippen molar-refractivity contribution in [1.82, 2.24) is 14.8 Å². The predicted octanol–water partition coefficient (Wildman–Crippen LogP) is 2.21. The number of hydrogen-bond donors (Lipinski definition) is 2. The molecule has 0 aliphatic heterocycles. The lowest BCUT2D eigenvalue weighted by molar-refractivity contribution is -0.117. The Labute approximate surface area is 158 Å². The Bertz CT molecular complexity index is 1040. The molecule has 27 heavy (non-hydrogen) atoms. The predicted molar refractivity (Wildman–Crippen MR) is 103 cm³/mol. The summed E-state index contributed by atoms with van der Waals surface area (Å²) < 4.78 is 0.943. The highest BCUT2D eigenvalue weighted by Crippen LogP contribution is 2.15. The van der Waals surface area contributed by atoms with Crippen molar-refractivity contribution in [3.8, 4) is 0 Å². The summed E-state index contributed by atoms with van der Waals surface area (Å²) in [5.41, 5.74) is 2.35. The number of benzene rings is 1. The van der Waals surface area contributed by atoms with Crippen LogP contribution in [0.5, 0.6) is 0 Å². The van der Waals surface area contributed by atoms with Crippen LogP contribution in [-0.2, 0) is 11.3 Å². The summed E-state index contributed by atoms with van der Waals surface area (Å²) in [7, 11) is 0. The first-order chi connectivity index (χ1) is 12.9. The van der Waals surface area contributed by atoms with E-state index in [0.717, 1.165) is 15.8 Å². The van der Waals surface area contributed by atoms with Gasteiger partial charge in [-0.15, -0.1) is 11.3 Å². The van der Waals surface area contributed by atoms with Gasteiger partial charge in [-0.3, -0.25) is 14.4 Å². The topological polar surface area (TPSA) is 106 Å². The second-order valence-corrected chi connectivity index (χ2v) is 6.75. The van der Waals surface area contributed by atoms with Crippen molar-refractivity contribution in [2.45, 2.75) is 20.4 Å². The molecule has 0 bridgehead atoms. The molecule has 2 N–H and O–H groups in total. The summed E-state index contributed by atoms with van der Waals surface area (Å²) in [6, 6.07) is 8.08. The normalized spacial score (nSPS) is 10.4. The van der Waals surface area contributed by atoms with Gasteiger partial charge in [0, 0.05) is 23.3 Å². The number of carbonyl (C=O) groups excluding carboxylic acids is 2. The van der Waals surface area contributed by atoms with Crippen LogP contribution in [0, 0.1) is 13.8 Å². The summed E-state index contributed by atoms with van der Waals surface area (Å²) in [6.45, 7) is 3.61. The van der Waals surface area contributed by atoms with Crippen molar-refractivity contribution < 1.29 is 9.59 Å². The molecule has 0 fully saturated rings. The zero-order valence-corrected chi connectivity index (χ0v) is 15.5. The van der Waals surface area contributed by atoms with Gasteiger partial charge in [-0.25, -0.2) is 9.67 Å². The highest BCUT2D eigenvalue weighted by atomic mass is 32.1. The molecule has 0 radical (unpaired) electrons. The molecule has 3 aromatic rings. The van der Waals surface area contributed by atoms with Gasteiger partial charge in [-0.1, -0.05) is 6.07 Å². The van der Waals surface area contributed by atoms with E-state index in [4.69, 9.17) is 0 Å². The molecule has 0 atom stereocenters. The number of amides is 2. The van der Waals surface area contributed by atoms with E-state index in [9.17, 15) is 14.4 Å². The number of carbonyl (C=O) groups is 2. The molecule has 2 aromatic heterocycles. The first kappa shape index (κ1) is 18.5. The van der Waals surface area contributed by atoms with E-state index in [1.807, 2.05) is 26.0 Å². The van der Waals surface area contributed by atoms with E-state index in [2.05, 4.69) is 20.7 Å². The van der Waals surface area contributed by atoms with Gasteiger partial charge in [0.25, 0.3) is 11.5 Å². The quantitative estimate of drug-likeness (QED) is 0.703. The number of thiazole rings is 1. The van der Waals surface area contributed by atoms with Gasteiger partial charge in [0.1, 0.15) is 12.2 Å². The van der Waals surface area contributed by atoms with E-state index >= 15 is 0 Å². The second-order valence-electron chi connectivity index (χ2n) is 5.85. The van der Waals surface area contributed by atoms with Crippen LogP contribution in [0.4, 0.5) is 10.8 Å². The molecule has 0 aliphatic carbocycles. The Balaban J connectivity index is 1.73. The van der Waals surface area contributed by atoms with E-state index in [1.54, 1.807) is 17.6 Å². The van der Waals surface area contributed by atoms with Crippen molar-refractivity contribution >= 4 is 34.0 Å². The lowest BCUT2D eigenvalue weighted by Crippen LogP contribution is -2.31. The highest BCUT2D eigenvalue weighted by molar-refractivity contribution is 7.13. The SMILES string of the molecule is Cc1ccc(NC(=O)c2ccc(=O)n(CC(=O)Nc3nccs3)n2)cc1C. The standard InChI is InChI=1S/C18H17N5O3S/c1-11-3-4-13(9-12(11)2)20-17(26)14-5-6-16(25)23(22-14)10-15(24)21-18-19-7-8-27-18/h3-9H,10H2,1-2H3,(H,20,26)(H,19,21,24). The van der Waals surface area contributed by atoms with Gasteiger partial charge >= 0.3 is 0 Å². The molecular formula is C18H17N5O3S. The van der Waals surface area contributed by atoms with E-state index in [-0.39, 0.29) is 12.2 Å². The van der Waals surface area contributed by atoms with Crippen LogP contribution in [0.3, 0.4) is 0 Å². The van der Waals surface area contributed by atoms with Crippen molar-refractivity contribution in [2.75, 3.05) is 10.6 Å². The number of rotatable bonds is 5. The maximum Gasteiger partial charge on any atom is 0.276 e. The highest BCUT2D eigenvalue weighted by Gasteiger charge is 2.13. The largest absolute Gasteiger partial charge is 0.321 e. The van der Waals surface area contributed by atoms with E-state index in [0.29, 0.717) is 10.8 Å². The first-order valence-electron chi connectivity index (χ1n) is 8.08. The maximum atomic E-state index is 12.4. The first-order valence-corrected chi connectivity index (χ1v) is 8.96. The van der Waals surface area contributed by atoms with Crippen LogP contribution >= 0.6 is 11.3 Å². The van der Waals surface area contributed by atoms with Crippen molar-refractivity contribution in [3.05, 3.63) is 69.1 Å². The van der Waals surface area contributed by atoms with E-state index < -0.39 is 17.4 Å². The van der Waals surface area contributed by atoms with Gasteiger partial charge in [0.15, 0.2) is 5.13 Å². The molecule has 9 heteroatoms. The minimum atomic E-state index is -0.480. The molecule has 1 aromatic carbocycles. The third kappa shape index (κ3) is 4.64. The summed E-state index contributed by atoms with van der Waals surface area (Å²) in [6.07, 6.45) is 1.56. The summed E-state index contributed by atoms with van der Waals surface area (Å²) >= 11 is 1.26. The molecule has 8 nitrogen and oxygen atoms in total. The molecular weight excluding hydrogens is 366 g/mol. The minimum Gasteiger partial charge on any atom is -0.321 e. The lowest BCUT2D eigenvalue weighted by atomic mass is 10.1. The zero-order valence-electron chi connectivity index (χ0n) is 14.7. The molecule has 2 heterocycles. The number of anilines is 2. The molecule has 0 saturated heterocycles. The number of hydrogen-bond acceptors (Lipinski definition) is 6. The fourth-order valence-corrected chi connectivity index (χ4v) is 2.82. The fourth-order valence-electron chi connectivity index (χ4n) is 2.28. The van der Waals surface area contributed by atoms with Crippen LogP contribution in [0.25, 0.3) is 0 Å². The van der Waals surface area contributed by atoms with Crippen LogP contribution in [0.2, 0.25) is 0 Å².